The molecule has 0 aromatic carbocycles. The van der Waals surface area contributed by atoms with Gasteiger partial charge in [-0.25, -0.2) is 4.68 Å². The average Bonchev–Trinajstić information content (AvgIpc) is 2.80. The lowest BCUT2D eigenvalue weighted by atomic mass is 10.0. The van der Waals surface area contributed by atoms with Gasteiger partial charge >= 0.3 is 0 Å². The van der Waals surface area contributed by atoms with Crippen molar-refractivity contribution in [2.45, 2.75) is 32.7 Å². The summed E-state index contributed by atoms with van der Waals surface area (Å²) in [6.45, 7) is 3.09. The Morgan fingerprint density at radius 3 is 2.89 bits per heavy atom. The standard InChI is InChI=1S/C11H19N6O2/c1-9(6-10(12)18)7-11(19)13-4-2-3-5-17-8-14-15-16-17/h7-9H,2-6H2,1H3,(H2,12,18)(H,13,19)/t9-/m1/s1. The number of carbonyl (C=O) groups excluding carboxylic acids is 2. The number of tetrazole rings is 1. The molecule has 1 aromatic heterocycles. The van der Waals surface area contributed by atoms with Crippen LogP contribution in [0.3, 0.4) is 0 Å². The number of amides is 2. The van der Waals surface area contributed by atoms with Crippen molar-refractivity contribution in [2.75, 3.05) is 6.54 Å². The summed E-state index contributed by atoms with van der Waals surface area (Å²) in [6.07, 6.45) is 4.93. The highest BCUT2D eigenvalue weighted by atomic mass is 16.2. The third-order valence-electron chi connectivity index (χ3n) is 2.46. The first kappa shape index (κ1) is 15.1. The predicted octanol–water partition coefficient (Wildman–Crippen LogP) is -0.715. The Bertz CT molecular complexity index is 392. The number of nitrogens with two attached hydrogens (primary N) is 1. The quantitative estimate of drug-likeness (QED) is 0.573. The number of hydrogen-bond acceptors (Lipinski definition) is 5. The second-order valence-corrected chi connectivity index (χ2v) is 4.39. The molecule has 0 saturated carbocycles. The number of primary amides is 1. The van der Waals surface area contributed by atoms with Crippen LogP contribution in [-0.2, 0) is 16.1 Å². The lowest BCUT2D eigenvalue weighted by Gasteiger charge is -2.09. The van der Waals surface area contributed by atoms with Crippen LogP contribution in [0.15, 0.2) is 6.33 Å². The Balaban J connectivity index is 2.02. The van der Waals surface area contributed by atoms with Crippen molar-refractivity contribution >= 4 is 11.8 Å². The molecule has 105 valence electrons. The Hall–Kier alpha value is -1.99. The first-order valence-electron chi connectivity index (χ1n) is 6.19. The van der Waals surface area contributed by atoms with Gasteiger partial charge in [-0.2, -0.15) is 0 Å². The summed E-state index contributed by atoms with van der Waals surface area (Å²) in [4.78, 5) is 22.1. The lowest BCUT2D eigenvalue weighted by molar-refractivity contribution is -0.119. The number of rotatable bonds is 9. The van der Waals surface area contributed by atoms with Gasteiger partial charge in [0, 0.05) is 19.5 Å². The minimum Gasteiger partial charge on any atom is -0.370 e. The van der Waals surface area contributed by atoms with E-state index in [0.717, 1.165) is 19.4 Å². The summed E-state index contributed by atoms with van der Waals surface area (Å²) in [7, 11) is 0. The number of nitrogens with zero attached hydrogens (tertiary/aromatic N) is 4. The Labute approximate surface area is 111 Å². The number of unbranched alkanes of at least 4 members (excludes halogenated alkanes) is 1. The normalized spacial score (nSPS) is 12.1. The fourth-order valence-corrected chi connectivity index (χ4v) is 1.59. The van der Waals surface area contributed by atoms with E-state index in [2.05, 4.69) is 20.8 Å². The summed E-state index contributed by atoms with van der Waals surface area (Å²) in [5.74, 6) is -0.715. The van der Waals surface area contributed by atoms with Crippen molar-refractivity contribution in [3.8, 4) is 0 Å². The van der Waals surface area contributed by atoms with Crippen molar-refractivity contribution in [1.82, 2.24) is 25.5 Å². The van der Waals surface area contributed by atoms with E-state index in [4.69, 9.17) is 5.73 Å². The van der Waals surface area contributed by atoms with E-state index >= 15 is 0 Å². The Morgan fingerprint density at radius 2 is 2.26 bits per heavy atom. The van der Waals surface area contributed by atoms with Gasteiger partial charge in [0.1, 0.15) is 6.33 Å². The third kappa shape index (κ3) is 7.12. The summed E-state index contributed by atoms with van der Waals surface area (Å²) in [5, 5.41) is 13.5. The third-order valence-corrected chi connectivity index (χ3v) is 2.46. The van der Waals surface area contributed by atoms with Crippen molar-refractivity contribution in [1.29, 1.82) is 0 Å². The largest absolute Gasteiger partial charge is 0.370 e. The molecule has 0 bridgehead atoms. The molecule has 1 heterocycles. The molecule has 1 radical (unpaired) electrons. The first-order valence-corrected chi connectivity index (χ1v) is 6.19. The Kier molecular flexibility index (Phi) is 6.48. The minimum absolute atomic E-state index is 0.140. The molecule has 1 aromatic rings. The van der Waals surface area contributed by atoms with Crippen LogP contribution >= 0.6 is 0 Å². The lowest BCUT2D eigenvalue weighted by Crippen LogP contribution is -2.28. The molecule has 1 rings (SSSR count). The highest BCUT2D eigenvalue weighted by molar-refractivity contribution is 5.86. The van der Waals surface area contributed by atoms with Crippen molar-refractivity contribution in [3.63, 3.8) is 0 Å². The van der Waals surface area contributed by atoms with Gasteiger partial charge in [-0.3, -0.25) is 9.59 Å². The molecule has 0 aliphatic heterocycles. The van der Waals surface area contributed by atoms with Crippen LogP contribution in [-0.4, -0.2) is 38.6 Å². The summed E-state index contributed by atoms with van der Waals surface area (Å²) in [6, 6.07) is 0. The topological polar surface area (TPSA) is 116 Å². The summed E-state index contributed by atoms with van der Waals surface area (Å²) >= 11 is 0. The highest BCUT2D eigenvalue weighted by Gasteiger charge is 2.11. The van der Waals surface area contributed by atoms with Crippen LogP contribution in [0.5, 0.6) is 0 Å². The van der Waals surface area contributed by atoms with E-state index in [9.17, 15) is 9.59 Å². The van der Waals surface area contributed by atoms with E-state index in [0.29, 0.717) is 6.54 Å². The molecule has 1 atom stereocenters. The molecule has 0 saturated heterocycles. The van der Waals surface area contributed by atoms with Gasteiger partial charge in [0.05, 0.1) is 6.42 Å². The first-order chi connectivity index (χ1) is 9.08. The van der Waals surface area contributed by atoms with Gasteiger partial charge in [-0.1, -0.05) is 6.92 Å². The average molecular weight is 267 g/mol. The van der Waals surface area contributed by atoms with Gasteiger partial charge in [0.25, 0.3) is 0 Å². The van der Waals surface area contributed by atoms with Gasteiger partial charge in [0.2, 0.25) is 11.8 Å². The molecule has 3 N–H and O–H groups in total. The molecule has 19 heavy (non-hydrogen) atoms. The van der Waals surface area contributed by atoms with Crippen LogP contribution in [0.1, 0.15) is 26.2 Å². The van der Waals surface area contributed by atoms with E-state index in [1.54, 1.807) is 17.9 Å². The molecular weight excluding hydrogens is 248 g/mol. The molecule has 0 aliphatic rings. The smallest absolute Gasteiger partial charge is 0.224 e. The van der Waals surface area contributed by atoms with Crippen LogP contribution in [0.4, 0.5) is 0 Å². The van der Waals surface area contributed by atoms with Crippen LogP contribution in [0, 0.1) is 12.3 Å². The monoisotopic (exact) mass is 267 g/mol. The van der Waals surface area contributed by atoms with Crippen LogP contribution < -0.4 is 11.1 Å². The fraction of sp³-hybridized carbons (Fsp3) is 0.636. The molecule has 0 unspecified atom stereocenters. The zero-order valence-electron chi connectivity index (χ0n) is 11.0. The summed E-state index contributed by atoms with van der Waals surface area (Å²) < 4.78 is 1.64. The van der Waals surface area contributed by atoms with E-state index < -0.39 is 5.91 Å². The highest BCUT2D eigenvalue weighted by Crippen LogP contribution is 2.04. The maximum atomic E-state index is 11.5. The number of hydrogen-bond donors (Lipinski definition) is 2. The number of nitrogens with one attached hydrogen (secondary N) is 1. The van der Waals surface area contributed by atoms with E-state index in [1.807, 2.05) is 0 Å². The maximum Gasteiger partial charge on any atom is 0.224 e. The second kappa shape index (κ2) is 8.17. The molecule has 0 fully saturated rings. The fourth-order valence-electron chi connectivity index (χ4n) is 1.59. The zero-order valence-corrected chi connectivity index (χ0v) is 11.0. The van der Waals surface area contributed by atoms with Crippen molar-refractivity contribution in [3.05, 3.63) is 12.7 Å². The molecule has 8 heteroatoms. The van der Waals surface area contributed by atoms with E-state index in [1.165, 1.54) is 6.42 Å². The van der Waals surface area contributed by atoms with Gasteiger partial charge in [-0.05, 0) is 29.2 Å². The van der Waals surface area contributed by atoms with Gasteiger partial charge < -0.3 is 11.1 Å². The van der Waals surface area contributed by atoms with Gasteiger partial charge in [0.15, 0.2) is 0 Å². The maximum absolute atomic E-state index is 11.5. The molecule has 0 aliphatic carbocycles. The second-order valence-electron chi connectivity index (χ2n) is 4.39. The Morgan fingerprint density at radius 1 is 1.47 bits per heavy atom. The molecule has 2 amide bonds. The van der Waals surface area contributed by atoms with Gasteiger partial charge in [-0.15, -0.1) is 5.10 Å². The molecule has 8 nitrogen and oxygen atoms in total. The SMILES string of the molecule is C[C@@H]([CH]C(=O)NCCCCn1cnnn1)CC(N)=O. The zero-order chi connectivity index (χ0) is 14.1. The predicted molar refractivity (Wildman–Crippen MR) is 67.3 cm³/mol. The van der Waals surface area contributed by atoms with Crippen LogP contribution in [0.2, 0.25) is 0 Å². The number of aromatic nitrogens is 4. The van der Waals surface area contributed by atoms with Crippen molar-refractivity contribution < 1.29 is 9.59 Å². The molecular formula is C11H19N6O2. The van der Waals surface area contributed by atoms with Crippen LogP contribution in [0.25, 0.3) is 0 Å². The number of aryl methyl sites for hydroxylation is 1. The molecule has 0 spiro atoms. The minimum atomic E-state index is -0.405. The van der Waals surface area contributed by atoms with Crippen molar-refractivity contribution in [2.24, 2.45) is 11.7 Å². The summed E-state index contributed by atoms with van der Waals surface area (Å²) in [5.41, 5.74) is 5.05. The van der Waals surface area contributed by atoms with E-state index in [-0.39, 0.29) is 18.2 Å². The number of carbonyl (C=O) groups is 2.